The summed E-state index contributed by atoms with van der Waals surface area (Å²) in [5, 5.41) is 21.6. The zero-order valence-electron chi connectivity index (χ0n) is 10.5. The van der Waals surface area contributed by atoms with Gasteiger partial charge in [-0.05, 0) is 37.6 Å². The molecule has 0 saturated heterocycles. The third-order valence-electron chi connectivity index (χ3n) is 2.48. The Balaban J connectivity index is 2.29. The minimum absolute atomic E-state index is 0.103. The molecule has 1 aromatic heterocycles. The van der Waals surface area contributed by atoms with E-state index in [9.17, 15) is 5.11 Å². The number of aromatic nitrogens is 3. The Morgan fingerprint density at radius 3 is 2.56 bits per heavy atom. The Kier molecular flexibility index (Phi) is 3.27. The first-order valence-electron chi connectivity index (χ1n) is 5.42. The molecule has 0 atom stereocenters. The molecule has 0 aliphatic carbocycles. The van der Waals surface area contributed by atoms with Crippen LogP contribution in [0.3, 0.4) is 0 Å². The highest BCUT2D eigenvalue weighted by Crippen LogP contribution is 2.25. The van der Waals surface area contributed by atoms with E-state index in [1.54, 1.807) is 29.1 Å². The summed E-state index contributed by atoms with van der Waals surface area (Å²) < 4.78 is 6.67. The van der Waals surface area contributed by atoms with Crippen LogP contribution in [0, 0.1) is 13.8 Å². The largest absolute Gasteiger partial charge is 0.504 e. The van der Waals surface area contributed by atoms with Gasteiger partial charge in [0.2, 0.25) is 0 Å². The van der Waals surface area contributed by atoms with Crippen LogP contribution in [0.15, 0.2) is 23.3 Å². The molecule has 0 radical (unpaired) electrons. The van der Waals surface area contributed by atoms with Crippen molar-refractivity contribution in [2.24, 2.45) is 5.10 Å². The van der Waals surface area contributed by atoms with E-state index >= 15 is 0 Å². The first-order chi connectivity index (χ1) is 8.61. The first kappa shape index (κ1) is 12.1. The lowest BCUT2D eigenvalue weighted by atomic mass is 10.2. The maximum Gasteiger partial charge on any atom is 0.161 e. The van der Waals surface area contributed by atoms with Gasteiger partial charge in [-0.15, -0.1) is 10.2 Å². The highest BCUT2D eigenvalue weighted by atomic mass is 16.5. The summed E-state index contributed by atoms with van der Waals surface area (Å²) in [5.74, 6) is 1.95. The number of hydrogen-bond donors (Lipinski definition) is 1. The molecule has 6 heteroatoms. The van der Waals surface area contributed by atoms with Crippen LogP contribution in [0.4, 0.5) is 0 Å². The maximum atomic E-state index is 9.48. The van der Waals surface area contributed by atoms with E-state index in [4.69, 9.17) is 4.74 Å². The van der Waals surface area contributed by atoms with Crippen molar-refractivity contribution in [1.82, 2.24) is 14.9 Å². The van der Waals surface area contributed by atoms with Gasteiger partial charge in [0.15, 0.2) is 23.1 Å². The second-order valence-corrected chi connectivity index (χ2v) is 3.78. The molecular formula is C12H14N4O2. The van der Waals surface area contributed by atoms with Crippen LogP contribution in [-0.2, 0) is 0 Å². The molecule has 0 aliphatic heterocycles. The van der Waals surface area contributed by atoms with Crippen molar-refractivity contribution in [2.45, 2.75) is 13.8 Å². The van der Waals surface area contributed by atoms with E-state index in [1.165, 1.54) is 7.11 Å². The highest BCUT2D eigenvalue weighted by Gasteiger charge is 2.03. The normalized spacial score (nSPS) is 11.1. The van der Waals surface area contributed by atoms with Crippen molar-refractivity contribution in [3.05, 3.63) is 35.4 Å². The number of hydrogen-bond acceptors (Lipinski definition) is 5. The molecule has 0 saturated carbocycles. The minimum Gasteiger partial charge on any atom is -0.504 e. The van der Waals surface area contributed by atoms with E-state index < -0.39 is 0 Å². The fourth-order valence-corrected chi connectivity index (χ4v) is 1.53. The van der Waals surface area contributed by atoms with Gasteiger partial charge < -0.3 is 9.84 Å². The fourth-order valence-electron chi connectivity index (χ4n) is 1.53. The monoisotopic (exact) mass is 246 g/mol. The van der Waals surface area contributed by atoms with Crippen LogP contribution in [-0.4, -0.2) is 33.3 Å². The minimum atomic E-state index is 0.103. The molecule has 1 aromatic carbocycles. The standard InChI is InChI=1S/C12H14N4O2/c1-8-14-15-9(2)16(8)13-7-10-4-5-11(17)12(6-10)18-3/h4-7,17H,1-3H3/b13-7-. The van der Waals surface area contributed by atoms with Crippen molar-refractivity contribution < 1.29 is 9.84 Å². The molecule has 6 nitrogen and oxygen atoms in total. The quantitative estimate of drug-likeness (QED) is 0.833. The summed E-state index contributed by atoms with van der Waals surface area (Å²) in [6.07, 6.45) is 1.66. The molecule has 1 N–H and O–H groups in total. The average molecular weight is 246 g/mol. The molecule has 94 valence electrons. The van der Waals surface area contributed by atoms with Gasteiger partial charge >= 0.3 is 0 Å². The molecule has 2 aromatic rings. The lowest BCUT2D eigenvalue weighted by molar-refractivity contribution is 0.373. The lowest BCUT2D eigenvalue weighted by Gasteiger charge is -2.03. The van der Waals surface area contributed by atoms with Gasteiger partial charge in [0.1, 0.15) is 0 Å². The molecule has 0 amide bonds. The number of rotatable bonds is 3. The van der Waals surface area contributed by atoms with E-state index in [2.05, 4.69) is 15.3 Å². The van der Waals surface area contributed by atoms with Crippen molar-refractivity contribution in [3.63, 3.8) is 0 Å². The van der Waals surface area contributed by atoms with Gasteiger partial charge in [0.25, 0.3) is 0 Å². The smallest absolute Gasteiger partial charge is 0.161 e. The number of benzene rings is 1. The van der Waals surface area contributed by atoms with E-state index in [1.807, 2.05) is 13.8 Å². The number of phenolic OH excluding ortho intramolecular Hbond substituents is 1. The molecule has 0 fully saturated rings. The highest BCUT2D eigenvalue weighted by molar-refractivity contribution is 5.80. The van der Waals surface area contributed by atoms with Crippen molar-refractivity contribution in [2.75, 3.05) is 7.11 Å². The lowest BCUT2D eigenvalue weighted by Crippen LogP contribution is -1.96. The van der Waals surface area contributed by atoms with Crippen molar-refractivity contribution >= 4 is 6.21 Å². The number of nitrogens with zero attached hydrogens (tertiary/aromatic N) is 4. The number of methoxy groups -OCH3 is 1. The summed E-state index contributed by atoms with van der Waals surface area (Å²) in [5.41, 5.74) is 0.817. The summed E-state index contributed by atoms with van der Waals surface area (Å²) in [4.78, 5) is 0. The van der Waals surface area contributed by atoms with Crippen LogP contribution >= 0.6 is 0 Å². The average Bonchev–Trinajstić information content (AvgIpc) is 2.68. The second-order valence-electron chi connectivity index (χ2n) is 3.78. The number of aromatic hydroxyl groups is 1. The fraction of sp³-hybridized carbons (Fsp3) is 0.250. The zero-order chi connectivity index (χ0) is 13.1. The molecule has 0 bridgehead atoms. The molecule has 0 aliphatic rings. The third kappa shape index (κ3) is 2.32. The van der Waals surface area contributed by atoms with Gasteiger partial charge in [-0.2, -0.15) is 5.10 Å². The number of ether oxygens (including phenoxy) is 1. The number of phenols is 1. The Morgan fingerprint density at radius 2 is 1.94 bits per heavy atom. The Morgan fingerprint density at radius 1 is 1.28 bits per heavy atom. The Hall–Kier alpha value is -2.37. The van der Waals surface area contributed by atoms with Crippen LogP contribution in [0.5, 0.6) is 11.5 Å². The molecule has 1 heterocycles. The van der Waals surface area contributed by atoms with Crippen LogP contribution < -0.4 is 4.74 Å². The molecular weight excluding hydrogens is 232 g/mol. The summed E-state index contributed by atoms with van der Waals surface area (Å²) >= 11 is 0. The van der Waals surface area contributed by atoms with Crippen molar-refractivity contribution in [1.29, 1.82) is 0 Å². The van der Waals surface area contributed by atoms with Crippen LogP contribution in [0.1, 0.15) is 17.2 Å². The first-order valence-corrected chi connectivity index (χ1v) is 5.42. The molecule has 0 spiro atoms. The Labute approximate surface area is 105 Å². The SMILES string of the molecule is COc1cc(/C=N\n2c(C)nnc2C)ccc1O. The summed E-state index contributed by atoms with van der Waals surface area (Å²) in [7, 11) is 1.50. The third-order valence-corrected chi connectivity index (χ3v) is 2.48. The summed E-state index contributed by atoms with van der Waals surface area (Å²) in [6.45, 7) is 3.66. The van der Waals surface area contributed by atoms with E-state index in [0.29, 0.717) is 5.75 Å². The molecule has 0 unspecified atom stereocenters. The van der Waals surface area contributed by atoms with Crippen LogP contribution in [0.25, 0.3) is 0 Å². The second kappa shape index (κ2) is 4.87. The Bertz CT molecular complexity index is 570. The molecule has 2 rings (SSSR count). The van der Waals surface area contributed by atoms with Gasteiger partial charge in [-0.3, -0.25) is 0 Å². The van der Waals surface area contributed by atoms with E-state index in [-0.39, 0.29) is 5.75 Å². The van der Waals surface area contributed by atoms with Gasteiger partial charge in [0.05, 0.1) is 13.3 Å². The topological polar surface area (TPSA) is 72.5 Å². The van der Waals surface area contributed by atoms with Gasteiger partial charge in [0, 0.05) is 0 Å². The van der Waals surface area contributed by atoms with Crippen molar-refractivity contribution in [3.8, 4) is 11.5 Å². The maximum absolute atomic E-state index is 9.48. The van der Waals surface area contributed by atoms with E-state index in [0.717, 1.165) is 17.2 Å². The van der Waals surface area contributed by atoms with Gasteiger partial charge in [-0.1, -0.05) is 0 Å². The predicted octanol–water partition coefficient (Wildman–Crippen LogP) is 1.49. The van der Waals surface area contributed by atoms with Gasteiger partial charge in [-0.25, -0.2) is 4.68 Å². The summed E-state index contributed by atoms with van der Waals surface area (Å²) in [6, 6.07) is 5.01. The number of aryl methyl sites for hydroxylation is 2. The van der Waals surface area contributed by atoms with Crippen LogP contribution in [0.2, 0.25) is 0 Å². The predicted molar refractivity (Wildman–Crippen MR) is 67.1 cm³/mol. The zero-order valence-corrected chi connectivity index (χ0v) is 10.5. The molecule has 18 heavy (non-hydrogen) atoms.